The molecule has 2 aromatic rings. The average molecular weight is 334 g/mol. The summed E-state index contributed by atoms with van der Waals surface area (Å²) >= 11 is 3.42. The Morgan fingerprint density at radius 1 is 1.30 bits per heavy atom. The van der Waals surface area contributed by atoms with Gasteiger partial charge >= 0.3 is 0 Å². The summed E-state index contributed by atoms with van der Waals surface area (Å²) < 4.78 is 0.783. The van der Waals surface area contributed by atoms with E-state index in [1.54, 1.807) is 18.5 Å². The standard InChI is InChI=1S/C15H16BrN3O/c1-10-4-5-11(12(16)8-10)15(20)18-13-9-17-7-6-14(13)19(2)3/h4-9H,1-3H3,(H,18,20). The Bertz CT molecular complexity index is 641. The maximum absolute atomic E-state index is 12.3. The normalized spacial score (nSPS) is 10.2. The van der Waals surface area contributed by atoms with Gasteiger partial charge in [0.25, 0.3) is 5.91 Å². The van der Waals surface area contributed by atoms with Crippen molar-refractivity contribution in [3.63, 3.8) is 0 Å². The molecule has 0 radical (unpaired) electrons. The van der Waals surface area contributed by atoms with E-state index in [-0.39, 0.29) is 5.91 Å². The lowest BCUT2D eigenvalue weighted by atomic mass is 10.1. The molecule has 20 heavy (non-hydrogen) atoms. The molecule has 0 saturated carbocycles. The van der Waals surface area contributed by atoms with Gasteiger partial charge in [-0.25, -0.2) is 0 Å². The van der Waals surface area contributed by atoms with E-state index in [1.807, 2.05) is 44.1 Å². The van der Waals surface area contributed by atoms with Crippen LogP contribution in [0.2, 0.25) is 0 Å². The summed E-state index contributed by atoms with van der Waals surface area (Å²) in [5.41, 5.74) is 3.31. The van der Waals surface area contributed by atoms with E-state index in [4.69, 9.17) is 0 Å². The number of pyridine rings is 1. The predicted octanol–water partition coefficient (Wildman–Crippen LogP) is 3.47. The maximum Gasteiger partial charge on any atom is 0.256 e. The van der Waals surface area contributed by atoms with E-state index < -0.39 is 0 Å². The van der Waals surface area contributed by atoms with Crippen molar-refractivity contribution < 1.29 is 4.79 Å². The SMILES string of the molecule is Cc1ccc(C(=O)Nc2cnccc2N(C)C)c(Br)c1. The quantitative estimate of drug-likeness (QED) is 0.935. The molecule has 0 fully saturated rings. The van der Waals surface area contributed by atoms with E-state index in [0.29, 0.717) is 11.3 Å². The molecule has 4 nitrogen and oxygen atoms in total. The molecule has 0 aliphatic heterocycles. The Morgan fingerprint density at radius 3 is 2.70 bits per heavy atom. The Hall–Kier alpha value is -1.88. The van der Waals surface area contributed by atoms with Crippen LogP contribution in [-0.2, 0) is 0 Å². The van der Waals surface area contributed by atoms with Gasteiger partial charge in [-0.2, -0.15) is 0 Å². The third-order valence-corrected chi connectivity index (χ3v) is 3.55. The third-order valence-electron chi connectivity index (χ3n) is 2.90. The molecule has 1 N–H and O–H groups in total. The molecule has 104 valence electrons. The molecule has 0 unspecified atom stereocenters. The summed E-state index contributed by atoms with van der Waals surface area (Å²) in [6.07, 6.45) is 3.35. The Kier molecular flexibility index (Phi) is 4.39. The summed E-state index contributed by atoms with van der Waals surface area (Å²) in [6, 6.07) is 7.50. The van der Waals surface area contributed by atoms with Crippen LogP contribution in [0.25, 0.3) is 0 Å². The molecule has 0 aliphatic carbocycles. The number of benzene rings is 1. The van der Waals surface area contributed by atoms with Crippen molar-refractivity contribution in [1.29, 1.82) is 0 Å². The number of carbonyl (C=O) groups excluding carboxylic acids is 1. The van der Waals surface area contributed by atoms with Gasteiger partial charge in [0, 0.05) is 24.8 Å². The molecule has 2 rings (SSSR count). The molecule has 0 saturated heterocycles. The zero-order valence-electron chi connectivity index (χ0n) is 11.6. The number of carbonyl (C=O) groups is 1. The van der Waals surface area contributed by atoms with Crippen molar-refractivity contribution in [1.82, 2.24) is 4.98 Å². The molecule has 0 atom stereocenters. The molecule has 1 heterocycles. The van der Waals surface area contributed by atoms with E-state index in [9.17, 15) is 4.79 Å². The number of anilines is 2. The van der Waals surface area contributed by atoms with Gasteiger partial charge in [-0.1, -0.05) is 6.07 Å². The van der Waals surface area contributed by atoms with E-state index in [0.717, 1.165) is 15.7 Å². The van der Waals surface area contributed by atoms with Crippen LogP contribution in [0.15, 0.2) is 41.1 Å². The summed E-state index contributed by atoms with van der Waals surface area (Å²) in [4.78, 5) is 18.3. The van der Waals surface area contributed by atoms with Crippen LogP contribution >= 0.6 is 15.9 Å². The van der Waals surface area contributed by atoms with Crippen molar-refractivity contribution in [2.45, 2.75) is 6.92 Å². The number of hydrogen-bond donors (Lipinski definition) is 1. The number of nitrogens with zero attached hydrogens (tertiary/aromatic N) is 2. The minimum atomic E-state index is -0.159. The molecule has 1 aromatic carbocycles. The minimum Gasteiger partial charge on any atom is -0.376 e. The van der Waals surface area contributed by atoms with Crippen molar-refractivity contribution in [3.8, 4) is 0 Å². The first-order valence-electron chi connectivity index (χ1n) is 6.18. The van der Waals surface area contributed by atoms with Gasteiger partial charge in [-0.3, -0.25) is 9.78 Å². The summed E-state index contributed by atoms with van der Waals surface area (Å²) in [7, 11) is 3.85. The van der Waals surface area contributed by atoms with Gasteiger partial charge in [-0.05, 0) is 46.6 Å². The first-order chi connectivity index (χ1) is 9.49. The lowest BCUT2D eigenvalue weighted by Gasteiger charge is -2.17. The highest BCUT2D eigenvalue weighted by molar-refractivity contribution is 9.10. The predicted molar refractivity (Wildman–Crippen MR) is 85.4 cm³/mol. The van der Waals surface area contributed by atoms with Crippen molar-refractivity contribution in [2.75, 3.05) is 24.3 Å². The van der Waals surface area contributed by atoms with E-state index >= 15 is 0 Å². The molecule has 0 spiro atoms. The number of nitrogens with one attached hydrogen (secondary N) is 1. The largest absolute Gasteiger partial charge is 0.376 e. The van der Waals surface area contributed by atoms with Crippen LogP contribution < -0.4 is 10.2 Å². The van der Waals surface area contributed by atoms with Gasteiger partial charge in [0.05, 0.1) is 23.1 Å². The number of rotatable bonds is 3. The Morgan fingerprint density at radius 2 is 2.05 bits per heavy atom. The van der Waals surface area contributed by atoms with Gasteiger partial charge in [-0.15, -0.1) is 0 Å². The number of aromatic nitrogens is 1. The molecule has 1 amide bonds. The lowest BCUT2D eigenvalue weighted by Crippen LogP contribution is -2.17. The lowest BCUT2D eigenvalue weighted by molar-refractivity contribution is 0.102. The van der Waals surface area contributed by atoms with Crippen LogP contribution in [0.5, 0.6) is 0 Å². The zero-order chi connectivity index (χ0) is 14.7. The van der Waals surface area contributed by atoms with Gasteiger partial charge < -0.3 is 10.2 Å². The summed E-state index contributed by atoms with van der Waals surface area (Å²) in [5.74, 6) is -0.159. The number of hydrogen-bond acceptors (Lipinski definition) is 3. The Balaban J connectivity index is 2.28. The zero-order valence-corrected chi connectivity index (χ0v) is 13.2. The molecule has 0 aliphatic rings. The van der Waals surface area contributed by atoms with Crippen LogP contribution in [0, 0.1) is 6.92 Å². The fourth-order valence-corrected chi connectivity index (χ4v) is 2.54. The summed E-state index contributed by atoms with van der Waals surface area (Å²) in [5, 5.41) is 2.90. The summed E-state index contributed by atoms with van der Waals surface area (Å²) in [6.45, 7) is 1.98. The fraction of sp³-hybridized carbons (Fsp3) is 0.200. The molecular weight excluding hydrogens is 318 g/mol. The van der Waals surface area contributed by atoms with Crippen LogP contribution in [-0.4, -0.2) is 25.0 Å². The average Bonchev–Trinajstić information content (AvgIpc) is 2.38. The third kappa shape index (κ3) is 3.17. The second kappa shape index (κ2) is 6.05. The van der Waals surface area contributed by atoms with Crippen LogP contribution in [0.3, 0.4) is 0 Å². The molecular formula is C15H16BrN3O. The number of halogens is 1. The highest BCUT2D eigenvalue weighted by atomic mass is 79.9. The second-order valence-electron chi connectivity index (χ2n) is 4.72. The van der Waals surface area contributed by atoms with E-state index in [1.165, 1.54) is 0 Å². The maximum atomic E-state index is 12.3. The first kappa shape index (κ1) is 14.5. The van der Waals surface area contributed by atoms with Crippen molar-refractivity contribution >= 4 is 33.2 Å². The number of aryl methyl sites for hydroxylation is 1. The Labute approximate surface area is 127 Å². The topological polar surface area (TPSA) is 45.2 Å². The highest BCUT2D eigenvalue weighted by Gasteiger charge is 2.13. The van der Waals surface area contributed by atoms with Crippen molar-refractivity contribution in [3.05, 3.63) is 52.3 Å². The molecule has 5 heteroatoms. The van der Waals surface area contributed by atoms with Gasteiger partial charge in [0.2, 0.25) is 0 Å². The number of amides is 1. The van der Waals surface area contributed by atoms with E-state index in [2.05, 4.69) is 26.2 Å². The molecule has 0 bridgehead atoms. The minimum absolute atomic E-state index is 0.159. The fourth-order valence-electron chi connectivity index (χ4n) is 1.87. The van der Waals surface area contributed by atoms with Gasteiger partial charge in [0.1, 0.15) is 0 Å². The van der Waals surface area contributed by atoms with Crippen LogP contribution in [0.4, 0.5) is 11.4 Å². The smallest absolute Gasteiger partial charge is 0.256 e. The van der Waals surface area contributed by atoms with Gasteiger partial charge in [0.15, 0.2) is 0 Å². The molecule has 1 aromatic heterocycles. The second-order valence-corrected chi connectivity index (χ2v) is 5.58. The van der Waals surface area contributed by atoms with Crippen molar-refractivity contribution in [2.24, 2.45) is 0 Å². The highest BCUT2D eigenvalue weighted by Crippen LogP contribution is 2.24. The first-order valence-corrected chi connectivity index (χ1v) is 6.97. The van der Waals surface area contributed by atoms with Crippen LogP contribution in [0.1, 0.15) is 15.9 Å². The monoisotopic (exact) mass is 333 g/mol.